The Morgan fingerprint density at radius 2 is 2.00 bits per heavy atom. The van der Waals surface area contributed by atoms with E-state index in [2.05, 4.69) is 18.8 Å². The molecule has 1 aromatic carbocycles. The van der Waals surface area contributed by atoms with Crippen LogP contribution in [-0.4, -0.2) is 19.1 Å². The molecule has 1 aliphatic rings. The van der Waals surface area contributed by atoms with Crippen LogP contribution in [0.2, 0.25) is 0 Å². The zero-order valence-corrected chi connectivity index (χ0v) is 10.6. The van der Waals surface area contributed by atoms with E-state index >= 15 is 0 Å². The lowest BCUT2D eigenvalue weighted by Crippen LogP contribution is -2.43. The van der Waals surface area contributed by atoms with Gasteiger partial charge in [0.15, 0.2) is 5.90 Å². The fourth-order valence-electron chi connectivity index (χ4n) is 1.96. The summed E-state index contributed by atoms with van der Waals surface area (Å²) in [6, 6.07) is 7.70. The van der Waals surface area contributed by atoms with Gasteiger partial charge in [0.05, 0.1) is 18.7 Å². The lowest BCUT2D eigenvalue weighted by molar-refractivity contribution is 0.0587. The van der Waals surface area contributed by atoms with E-state index in [0.717, 1.165) is 30.2 Å². The molecule has 0 N–H and O–H groups in total. The Labute approximate surface area is 102 Å². The molecule has 1 heterocycles. The number of aliphatic imine (C=N–C) groups is 1. The van der Waals surface area contributed by atoms with Gasteiger partial charge in [-0.2, -0.15) is 0 Å². The molecule has 0 aliphatic carbocycles. The van der Waals surface area contributed by atoms with Gasteiger partial charge in [0, 0.05) is 0 Å². The minimum absolute atomic E-state index is 0.358. The highest BCUT2D eigenvalue weighted by Crippen LogP contribution is 2.29. The Morgan fingerprint density at radius 3 is 2.53 bits per heavy atom. The standard InChI is InChI=1S/C14H19NO2/c1-4-5-13-10(2)14(17-13)15-11-6-8-12(16-3)9-7-11/h6-10,13H,4-5H2,1-3H3/t10-,13+/m1/s1. The van der Waals surface area contributed by atoms with Gasteiger partial charge in [0.1, 0.15) is 11.9 Å². The number of hydrogen-bond donors (Lipinski definition) is 0. The number of hydrogen-bond acceptors (Lipinski definition) is 3. The average Bonchev–Trinajstić information content (AvgIpc) is 2.38. The van der Waals surface area contributed by atoms with Crippen LogP contribution in [-0.2, 0) is 4.74 Å². The summed E-state index contributed by atoms with van der Waals surface area (Å²) in [5.74, 6) is 2.14. The maximum atomic E-state index is 5.67. The molecule has 0 radical (unpaired) electrons. The lowest BCUT2D eigenvalue weighted by Gasteiger charge is -2.36. The van der Waals surface area contributed by atoms with Gasteiger partial charge >= 0.3 is 0 Å². The van der Waals surface area contributed by atoms with Crippen molar-refractivity contribution < 1.29 is 9.47 Å². The summed E-state index contributed by atoms with van der Waals surface area (Å²) < 4.78 is 10.8. The van der Waals surface area contributed by atoms with E-state index in [9.17, 15) is 0 Å². The lowest BCUT2D eigenvalue weighted by atomic mass is 9.95. The van der Waals surface area contributed by atoms with Crippen LogP contribution >= 0.6 is 0 Å². The molecule has 3 heteroatoms. The first-order chi connectivity index (χ1) is 8.24. The van der Waals surface area contributed by atoms with Crippen molar-refractivity contribution in [1.82, 2.24) is 0 Å². The molecule has 92 valence electrons. The third-order valence-electron chi connectivity index (χ3n) is 3.10. The molecule has 1 saturated heterocycles. The van der Waals surface area contributed by atoms with Gasteiger partial charge in [-0.1, -0.05) is 20.3 Å². The maximum absolute atomic E-state index is 5.67. The van der Waals surface area contributed by atoms with Crippen LogP contribution in [0, 0.1) is 5.92 Å². The molecule has 0 saturated carbocycles. The topological polar surface area (TPSA) is 30.8 Å². The van der Waals surface area contributed by atoms with E-state index in [1.807, 2.05) is 24.3 Å². The van der Waals surface area contributed by atoms with Crippen LogP contribution in [0.3, 0.4) is 0 Å². The zero-order valence-electron chi connectivity index (χ0n) is 10.6. The van der Waals surface area contributed by atoms with Crippen LogP contribution in [0.15, 0.2) is 29.3 Å². The first-order valence-electron chi connectivity index (χ1n) is 6.14. The van der Waals surface area contributed by atoms with Crippen molar-refractivity contribution in [2.75, 3.05) is 7.11 Å². The number of nitrogens with zero attached hydrogens (tertiary/aromatic N) is 1. The Kier molecular flexibility index (Phi) is 3.67. The highest BCUT2D eigenvalue weighted by atomic mass is 16.5. The van der Waals surface area contributed by atoms with Crippen molar-refractivity contribution in [2.24, 2.45) is 10.9 Å². The van der Waals surface area contributed by atoms with Crippen molar-refractivity contribution in [3.05, 3.63) is 24.3 Å². The average molecular weight is 233 g/mol. The van der Waals surface area contributed by atoms with Gasteiger partial charge in [-0.15, -0.1) is 0 Å². The smallest absolute Gasteiger partial charge is 0.195 e. The van der Waals surface area contributed by atoms with Crippen molar-refractivity contribution in [3.8, 4) is 5.75 Å². The van der Waals surface area contributed by atoms with Gasteiger partial charge in [0.25, 0.3) is 0 Å². The van der Waals surface area contributed by atoms with Gasteiger partial charge < -0.3 is 9.47 Å². The molecule has 0 aromatic heterocycles. The SMILES string of the molecule is CCC[C@@H]1OC(=Nc2ccc(OC)cc2)[C@@H]1C. The molecule has 0 amide bonds. The van der Waals surface area contributed by atoms with Crippen LogP contribution in [0.25, 0.3) is 0 Å². The predicted octanol–water partition coefficient (Wildman–Crippen LogP) is 3.56. The number of ether oxygens (including phenoxy) is 2. The van der Waals surface area contributed by atoms with Gasteiger partial charge in [-0.05, 0) is 30.7 Å². The Bertz CT molecular complexity index is 397. The highest BCUT2D eigenvalue weighted by molar-refractivity contribution is 5.86. The van der Waals surface area contributed by atoms with Crippen LogP contribution in [0.5, 0.6) is 5.75 Å². The van der Waals surface area contributed by atoms with Gasteiger partial charge in [0.2, 0.25) is 0 Å². The summed E-state index contributed by atoms with van der Waals surface area (Å²) in [6.07, 6.45) is 2.63. The summed E-state index contributed by atoms with van der Waals surface area (Å²) in [5, 5.41) is 0. The molecule has 2 rings (SSSR count). The second-order valence-corrected chi connectivity index (χ2v) is 4.38. The summed E-state index contributed by atoms with van der Waals surface area (Å²) in [4.78, 5) is 4.49. The molecule has 3 nitrogen and oxygen atoms in total. The molecular formula is C14H19NO2. The Morgan fingerprint density at radius 1 is 1.29 bits per heavy atom. The van der Waals surface area contributed by atoms with E-state index in [1.165, 1.54) is 0 Å². The molecule has 1 fully saturated rings. The van der Waals surface area contributed by atoms with E-state index in [1.54, 1.807) is 7.11 Å². The van der Waals surface area contributed by atoms with Crippen LogP contribution in [0.4, 0.5) is 5.69 Å². The third-order valence-corrected chi connectivity index (χ3v) is 3.10. The molecule has 1 aromatic rings. The van der Waals surface area contributed by atoms with Crippen molar-refractivity contribution in [1.29, 1.82) is 0 Å². The van der Waals surface area contributed by atoms with Crippen molar-refractivity contribution >= 4 is 11.6 Å². The van der Waals surface area contributed by atoms with Gasteiger partial charge in [-0.3, -0.25) is 0 Å². The van der Waals surface area contributed by atoms with Crippen molar-refractivity contribution in [3.63, 3.8) is 0 Å². The molecule has 0 unspecified atom stereocenters. The Hall–Kier alpha value is -1.51. The van der Waals surface area contributed by atoms with E-state index < -0.39 is 0 Å². The van der Waals surface area contributed by atoms with E-state index in [4.69, 9.17) is 9.47 Å². The summed E-state index contributed by atoms with van der Waals surface area (Å²) in [5.41, 5.74) is 0.919. The Balaban J connectivity index is 2.00. The quantitative estimate of drug-likeness (QED) is 0.796. The molecular weight excluding hydrogens is 214 g/mol. The van der Waals surface area contributed by atoms with Crippen molar-refractivity contribution in [2.45, 2.75) is 32.8 Å². The van der Waals surface area contributed by atoms with Crippen LogP contribution in [0.1, 0.15) is 26.7 Å². The molecule has 1 aliphatic heterocycles. The zero-order chi connectivity index (χ0) is 12.3. The fraction of sp³-hybridized carbons (Fsp3) is 0.500. The maximum Gasteiger partial charge on any atom is 0.195 e. The monoisotopic (exact) mass is 233 g/mol. The summed E-state index contributed by atoms with van der Waals surface area (Å²) >= 11 is 0. The third kappa shape index (κ3) is 2.60. The number of benzene rings is 1. The van der Waals surface area contributed by atoms with E-state index in [0.29, 0.717) is 12.0 Å². The second kappa shape index (κ2) is 5.21. The minimum atomic E-state index is 0.358. The first-order valence-corrected chi connectivity index (χ1v) is 6.14. The summed E-state index contributed by atoms with van der Waals surface area (Å²) in [7, 11) is 1.66. The highest BCUT2D eigenvalue weighted by Gasteiger charge is 2.35. The number of rotatable bonds is 4. The fourth-order valence-corrected chi connectivity index (χ4v) is 1.96. The minimum Gasteiger partial charge on any atom is -0.497 e. The molecule has 17 heavy (non-hydrogen) atoms. The van der Waals surface area contributed by atoms with Crippen LogP contribution < -0.4 is 4.74 Å². The molecule has 0 bridgehead atoms. The first kappa shape index (κ1) is 12.0. The summed E-state index contributed by atoms with van der Waals surface area (Å²) in [6.45, 7) is 4.35. The van der Waals surface area contributed by atoms with Gasteiger partial charge in [-0.25, -0.2) is 4.99 Å². The molecule has 2 atom stereocenters. The van der Waals surface area contributed by atoms with E-state index in [-0.39, 0.29) is 0 Å². The number of methoxy groups -OCH3 is 1. The normalized spacial score (nSPS) is 25.2. The largest absolute Gasteiger partial charge is 0.497 e. The second-order valence-electron chi connectivity index (χ2n) is 4.38. The predicted molar refractivity (Wildman–Crippen MR) is 69.0 cm³/mol. The molecule has 0 spiro atoms.